The summed E-state index contributed by atoms with van der Waals surface area (Å²) in [6, 6.07) is 4.18. The number of pyridine rings is 1. The third-order valence-electron chi connectivity index (χ3n) is 2.84. The van der Waals surface area contributed by atoms with E-state index in [2.05, 4.69) is 10.3 Å². The Morgan fingerprint density at radius 3 is 2.17 bits per heavy atom. The van der Waals surface area contributed by atoms with Crippen LogP contribution in [-0.4, -0.2) is 43.3 Å². The van der Waals surface area contributed by atoms with Crippen LogP contribution in [0.3, 0.4) is 0 Å². The van der Waals surface area contributed by atoms with E-state index < -0.39 is 40.5 Å². The first-order valence-electron chi connectivity index (χ1n) is 6.10. The molecule has 2 aromatic rings. The van der Waals surface area contributed by atoms with Gasteiger partial charge in [0.15, 0.2) is 0 Å². The highest BCUT2D eigenvalue weighted by atomic mass is 16.4. The molecule has 1 amide bonds. The molecule has 0 saturated carbocycles. The lowest BCUT2D eigenvalue weighted by atomic mass is 10.1. The maximum absolute atomic E-state index is 12.1. The fourth-order valence-electron chi connectivity index (χ4n) is 1.81. The lowest BCUT2D eigenvalue weighted by Gasteiger charge is -2.10. The number of carboxylic acid groups (broad SMARTS) is 2. The highest BCUT2D eigenvalue weighted by Gasteiger charge is 2.22. The predicted molar refractivity (Wildman–Crippen MR) is 75.9 cm³/mol. The summed E-state index contributed by atoms with van der Waals surface area (Å²) in [7, 11) is 0. The number of phenolic OH excluding ortho intramolecular Hbond substituents is 1. The monoisotopic (exact) mass is 318 g/mol. The highest BCUT2D eigenvalue weighted by molar-refractivity contribution is 6.10. The second-order valence-electron chi connectivity index (χ2n) is 4.35. The van der Waals surface area contributed by atoms with E-state index in [0.29, 0.717) is 0 Å². The molecule has 2 rings (SSSR count). The van der Waals surface area contributed by atoms with Crippen molar-refractivity contribution >= 4 is 23.7 Å². The van der Waals surface area contributed by atoms with Crippen molar-refractivity contribution in [2.24, 2.45) is 0 Å². The summed E-state index contributed by atoms with van der Waals surface area (Å²) in [5, 5.41) is 39.3. The van der Waals surface area contributed by atoms with Crippen LogP contribution in [0.25, 0.3) is 0 Å². The van der Waals surface area contributed by atoms with E-state index in [9.17, 15) is 24.6 Å². The van der Waals surface area contributed by atoms with Gasteiger partial charge < -0.3 is 25.7 Å². The molecule has 0 saturated heterocycles. The highest BCUT2D eigenvalue weighted by Crippen LogP contribution is 2.28. The molecule has 9 nitrogen and oxygen atoms in total. The van der Waals surface area contributed by atoms with E-state index in [1.807, 2.05) is 0 Å². The van der Waals surface area contributed by atoms with E-state index in [1.54, 1.807) is 0 Å². The largest absolute Gasteiger partial charge is 0.508 e. The number of amides is 1. The molecule has 1 aromatic carbocycles. The van der Waals surface area contributed by atoms with Crippen molar-refractivity contribution in [3.8, 4) is 11.5 Å². The lowest BCUT2D eigenvalue weighted by Crippen LogP contribution is -2.17. The molecule has 0 atom stereocenters. The minimum absolute atomic E-state index is 0.287. The van der Waals surface area contributed by atoms with E-state index in [0.717, 1.165) is 12.1 Å². The number of carbonyl (C=O) groups excluding carboxylic acids is 1. The van der Waals surface area contributed by atoms with Gasteiger partial charge in [0.25, 0.3) is 5.91 Å². The third-order valence-corrected chi connectivity index (χ3v) is 2.84. The number of rotatable bonds is 4. The summed E-state index contributed by atoms with van der Waals surface area (Å²) in [5.74, 6) is -5.60. The van der Waals surface area contributed by atoms with Crippen LogP contribution in [0.4, 0.5) is 5.82 Å². The Balaban J connectivity index is 2.43. The molecule has 9 heteroatoms. The minimum atomic E-state index is -1.54. The molecule has 118 valence electrons. The van der Waals surface area contributed by atoms with Crippen LogP contribution < -0.4 is 5.32 Å². The maximum atomic E-state index is 12.1. The Morgan fingerprint density at radius 2 is 1.57 bits per heavy atom. The van der Waals surface area contributed by atoms with Crippen LogP contribution in [0, 0.1) is 0 Å². The average molecular weight is 318 g/mol. The summed E-state index contributed by atoms with van der Waals surface area (Å²) < 4.78 is 0. The smallest absolute Gasteiger partial charge is 0.339 e. The Hall–Kier alpha value is -3.62. The Bertz CT molecular complexity index is 817. The van der Waals surface area contributed by atoms with Crippen molar-refractivity contribution in [3.05, 3.63) is 47.2 Å². The zero-order valence-electron chi connectivity index (χ0n) is 11.3. The van der Waals surface area contributed by atoms with E-state index in [4.69, 9.17) is 10.2 Å². The second kappa shape index (κ2) is 6.02. The van der Waals surface area contributed by atoms with Gasteiger partial charge in [-0.3, -0.25) is 4.79 Å². The molecule has 0 bridgehead atoms. The molecular formula is C14H10N2O7. The van der Waals surface area contributed by atoms with Gasteiger partial charge in [0.05, 0.1) is 5.56 Å². The van der Waals surface area contributed by atoms with Crippen molar-refractivity contribution < 1.29 is 34.8 Å². The number of aromatic carboxylic acids is 2. The van der Waals surface area contributed by atoms with Crippen LogP contribution in [0.2, 0.25) is 0 Å². The number of carbonyl (C=O) groups is 3. The predicted octanol–water partition coefficient (Wildman–Crippen LogP) is 1.14. The van der Waals surface area contributed by atoms with Crippen LogP contribution >= 0.6 is 0 Å². The first kappa shape index (κ1) is 15.8. The van der Waals surface area contributed by atoms with Crippen LogP contribution in [-0.2, 0) is 0 Å². The summed E-state index contributed by atoms with van der Waals surface area (Å²) in [6.45, 7) is 0. The van der Waals surface area contributed by atoms with Gasteiger partial charge in [-0.1, -0.05) is 0 Å². The van der Waals surface area contributed by atoms with E-state index in [-0.39, 0.29) is 11.4 Å². The number of aromatic nitrogens is 1. The fourth-order valence-corrected chi connectivity index (χ4v) is 1.81. The molecule has 5 N–H and O–H groups in total. The van der Waals surface area contributed by atoms with Crippen molar-refractivity contribution in [1.82, 2.24) is 4.98 Å². The second-order valence-corrected chi connectivity index (χ2v) is 4.35. The third kappa shape index (κ3) is 3.18. The van der Waals surface area contributed by atoms with Gasteiger partial charge in [-0.05, 0) is 24.3 Å². The zero-order chi connectivity index (χ0) is 17.1. The molecule has 0 unspecified atom stereocenters. The molecule has 0 radical (unpaired) electrons. The number of nitrogens with one attached hydrogen (secondary N) is 1. The van der Waals surface area contributed by atoms with Gasteiger partial charge in [-0.15, -0.1) is 0 Å². The molecule has 0 aliphatic carbocycles. The number of carboxylic acids is 2. The normalized spacial score (nSPS) is 10.1. The van der Waals surface area contributed by atoms with Gasteiger partial charge in [-0.2, -0.15) is 0 Å². The number of hydrogen-bond donors (Lipinski definition) is 5. The Kier molecular flexibility index (Phi) is 4.12. The topological polar surface area (TPSA) is 157 Å². The summed E-state index contributed by atoms with van der Waals surface area (Å²) >= 11 is 0. The van der Waals surface area contributed by atoms with Crippen molar-refractivity contribution in [3.63, 3.8) is 0 Å². The molecule has 0 aliphatic heterocycles. The van der Waals surface area contributed by atoms with Gasteiger partial charge in [0, 0.05) is 6.20 Å². The van der Waals surface area contributed by atoms with Gasteiger partial charge in [0.2, 0.25) is 0 Å². The van der Waals surface area contributed by atoms with E-state index >= 15 is 0 Å². The average Bonchev–Trinajstić information content (AvgIpc) is 2.49. The summed E-state index contributed by atoms with van der Waals surface area (Å²) in [5.41, 5.74) is -1.50. The number of hydrogen-bond acceptors (Lipinski definition) is 6. The SMILES string of the molecule is O=C(O)c1cccnc1NC(=O)c1cc(O)cc(C(=O)O)c1O. The molecule has 1 heterocycles. The first-order valence-corrected chi connectivity index (χ1v) is 6.10. The Labute approximate surface area is 128 Å². The fraction of sp³-hybridized carbons (Fsp3) is 0. The quantitative estimate of drug-likeness (QED) is 0.525. The molecular weight excluding hydrogens is 308 g/mol. The number of benzene rings is 1. The molecule has 0 aliphatic rings. The number of aromatic hydroxyl groups is 2. The van der Waals surface area contributed by atoms with Crippen molar-refractivity contribution in [2.75, 3.05) is 5.32 Å². The number of nitrogens with zero attached hydrogens (tertiary/aromatic N) is 1. The number of anilines is 1. The maximum Gasteiger partial charge on any atom is 0.339 e. The molecule has 0 spiro atoms. The van der Waals surface area contributed by atoms with Crippen molar-refractivity contribution in [1.29, 1.82) is 0 Å². The standard InChI is InChI=1S/C14H10N2O7/c17-6-4-8(10(18)9(5-6)14(22)23)12(19)16-11-7(13(20)21)2-1-3-15-11/h1-5,17-18H,(H,20,21)(H,22,23)(H,15,16,19). The summed E-state index contributed by atoms with van der Waals surface area (Å²) in [6.07, 6.45) is 1.24. The first-order chi connectivity index (χ1) is 10.8. The van der Waals surface area contributed by atoms with Crippen LogP contribution in [0.5, 0.6) is 11.5 Å². The van der Waals surface area contributed by atoms with Crippen molar-refractivity contribution in [2.45, 2.75) is 0 Å². The molecule has 23 heavy (non-hydrogen) atoms. The van der Waals surface area contributed by atoms with E-state index in [1.165, 1.54) is 18.3 Å². The summed E-state index contributed by atoms with van der Waals surface area (Å²) in [4.78, 5) is 37.8. The van der Waals surface area contributed by atoms with Gasteiger partial charge >= 0.3 is 11.9 Å². The molecule has 1 aromatic heterocycles. The van der Waals surface area contributed by atoms with Crippen LogP contribution in [0.15, 0.2) is 30.5 Å². The minimum Gasteiger partial charge on any atom is -0.508 e. The molecule has 0 fully saturated rings. The Morgan fingerprint density at radius 1 is 0.957 bits per heavy atom. The van der Waals surface area contributed by atoms with Gasteiger partial charge in [-0.25, -0.2) is 14.6 Å². The van der Waals surface area contributed by atoms with Crippen LogP contribution in [0.1, 0.15) is 31.1 Å². The zero-order valence-corrected chi connectivity index (χ0v) is 11.3. The number of phenols is 2. The van der Waals surface area contributed by atoms with Gasteiger partial charge in [0.1, 0.15) is 28.4 Å². The lowest BCUT2D eigenvalue weighted by molar-refractivity contribution is 0.0684.